The molecule has 3 rings (SSSR count). The van der Waals surface area contributed by atoms with Crippen molar-refractivity contribution in [1.29, 1.82) is 0 Å². The molecule has 0 aromatic heterocycles. The molecule has 144 valence electrons. The fourth-order valence-corrected chi connectivity index (χ4v) is 5.28. The summed E-state index contributed by atoms with van der Waals surface area (Å²) in [5.41, 5.74) is 1.16. The topological polar surface area (TPSA) is 0 Å². The Hall–Kier alpha value is -1.18. The largest absolute Gasteiger partial charge is 0.204 e. The maximum Gasteiger partial charge on any atom is 0.166 e. The number of hydrogen-bond donors (Lipinski definition) is 0. The minimum absolute atomic E-state index is 0.388. The van der Waals surface area contributed by atoms with Gasteiger partial charge in [0.05, 0.1) is 0 Å². The standard InChI is InChI=1S/C24H34F2/c1-3-4-18-5-10-20(11-6-18)21-12-7-19(8-13-21)9-14-22-15-17(2)16-23(25)24(22)26/h9,14-16,18-21H,3-8,10-13H2,1-2H3. The highest BCUT2D eigenvalue weighted by Crippen LogP contribution is 2.42. The van der Waals surface area contributed by atoms with E-state index in [4.69, 9.17) is 0 Å². The van der Waals surface area contributed by atoms with Crippen LogP contribution in [0.5, 0.6) is 0 Å². The molecule has 0 aliphatic heterocycles. The predicted molar refractivity (Wildman–Crippen MR) is 106 cm³/mol. The van der Waals surface area contributed by atoms with Crippen molar-refractivity contribution < 1.29 is 8.78 Å². The zero-order valence-electron chi connectivity index (χ0n) is 16.4. The van der Waals surface area contributed by atoms with Crippen molar-refractivity contribution in [2.75, 3.05) is 0 Å². The van der Waals surface area contributed by atoms with Crippen LogP contribution in [0.2, 0.25) is 0 Å². The van der Waals surface area contributed by atoms with Crippen LogP contribution in [-0.4, -0.2) is 0 Å². The van der Waals surface area contributed by atoms with E-state index in [2.05, 4.69) is 13.0 Å². The molecule has 0 atom stereocenters. The van der Waals surface area contributed by atoms with E-state index < -0.39 is 11.6 Å². The van der Waals surface area contributed by atoms with Crippen molar-refractivity contribution in [2.24, 2.45) is 23.7 Å². The van der Waals surface area contributed by atoms with Gasteiger partial charge >= 0.3 is 0 Å². The van der Waals surface area contributed by atoms with Gasteiger partial charge in [0.2, 0.25) is 0 Å². The first-order valence-electron chi connectivity index (χ1n) is 10.7. The summed E-state index contributed by atoms with van der Waals surface area (Å²) in [6.45, 7) is 4.11. The first kappa shape index (κ1) is 19.6. The van der Waals surface area contributed by atoms with Crippen LogP contribution < -0.4 is 0 Å². The summed E-state index contributed by atoms with van der Waals surface area (Å²) in [6, 6.07) is 2.99. The second-order valence-corrected chi connectivity index (χ2v) is 8.75. The Morgan fingerprint density at radius 1 is 0.923 bits per heavy atom. The summed E-state index contributed by atoms with van der Waals surface area (Å²) in [5, 5.41) is 0. The zero-order valence-corrected chi connectivity index (χ0v) is 16.4. The van der Waals surface area contributed by atoms with Crippen molar-refractivity contribution in [3.05, 3.63) is 41.0 Å². The third-order valence-corrected chi connectivity index (χ3v) is 6.82. The highest BCUT2D eigenvalue weighted by Gasteiger charge is 2.30. The van der Waals surface area contributed by atoms with E-state index in [-0.39, 0.29) is 0 Å². The molecule has 1 aromatic carbocycles. The molecule has 0 saturated heterocycles. The molecule has 2 aliphatic carbocycles. The van der Waals surface area contributed by atoms with Crippen LogP contribution >= 0.6 is 0 Å². The van der Waals surface area contributed by atoms with Crippen LogP contribution in [0.3, 0.4) is 0 Å². The highest BCUT2D eigenvalue weighted by atomic mass is 19.2. The summed E-state index contributed by atoms with van der Waals surface area (Å²) in [5.74, 6) is 1.88. The number of rotatable bonds is 5. The van der Waals surface area contributed by atoms with Crippen LogP contribution in [0.25, 0.3) is 6.08 Å². The number of hydrogen-bond acceptors (Lipinski definition) is 0. The Morgan fingerprint density at radius 2 is 1.54 bits per heavy atom. The molecule has 2 fully saturated rings. The molecule has 0 spiro atoms. The van der Waals surface area contributed by atoms with E-state index >= 15 is 0 Å². The molecule has 0 unspecified atom stereocenters. The Labute approximate surface area is 158 Å². The molecule has 0 amide bonds. The minimum atomic E-state index is -0.743. The summed E-state index contributed by atoms with van der Waals surface area (Å²) >= 11 is 0. The number of allylic oxidation sites excluding steroid dienone is 1. The van der Waals surface area contributed by atoms with Crippen LogP contribution in [0.15, 0.2) is 18.2 Å². The SMILES string of the molecule is CCCC1CCC(C2CCC(C=Cc3cc(C)cc(F)c3F)CC2)CC1. The van der Waals surface area contributed by atoms with E-state index in [1.807, 2.05) is 0 Å². The van der Waals surface area contributed by atoms with E-state index in [0.29, 0.717) is 11.5 Å². The van der Waals surface area contributed by atoms with Crippen molar-refractivity contribution in [2.45, 2.75) is 78.1 Å². The predicted octanol–water partition coefficient (Wildman–Crippen LogP) is 7.70. The summed E-state index contributed by atoms with van der Waals surface area (Å²) < 4.78 is 27.4. The van der Waals surface area contributed by atoms with Gasteiger partial charge < -0.3 is 0 Å². The van der Waals surface area contributed by atoms with Gasteiger partial charge in [-0.15, -0.1) is 0 Å². The summed E-state index contributed by atoms with van der Waals surface area (Å²) in [6.07, 6.45) is 17.4. The van der Waals surface area contributed by atoms with Crippen LogP contribution in [0.1, 0.15) is 82.3 Å². The average Bonchev–Trinajstić information content (AvgIpc) is 2.65. The van der Waals surface area contributed by atoms with Gasteiger partial charge in [-0.25, -0.2) is 8.78 Å². The molecule has 0 heterocycles. The van der Waals surface area contributed by atoms with Gasteiger partial charge in [-0.2, -0.15) is 0 Å². The summed E-state index contributed by atoms with van der Waals surface area (Å²) in [7, 11) is 0. The first-order valence-corrected chi connectivity index (χ1v) is 10.7. The van der Waals surface area contributed by atoms with E-state index in [1.54, 1.807) is 19.1 Å². The Kier molecular flexibility index (Phi) is 6.89. The molecule has 0 nitrogen and oxygen atoms in total. The minimum Gasteiger partial charge on any atom is -0.204 e. The van der Waals surface area contributed by atoms with Gasteiger partial charge in [-0.3, -0.25) is 0 Å². The lowest BCUT2D eigenvalue weighted by atomic mass is 9.68. The Balaban J connectivity index is 1.49. The van der Waals surface area contributed by atoms with Gasteiger partial charge in [-0.1, -0.05) is 44.8 Å². The third kappa shape index (κ3) is 4.96. The second-order valence-electron chi connectivity index (χ2n) is 8.75. The van der Waals surface area contributed by atoms with Crippen molar-refractivity contribution in [1.82, 2.24) is 0 Å². The van der Waals surface area contributed by atoms with Crippen LogP contribution in [0, 0.1) is 42.2 Å². The van der Waals surface area contributed by atoms with Crippen molar-refractivity contribution >= 4 is 6.08 Å². The van der Waals surface area contributed by atoms with Gasteiger partial charge in [0.1, 0.15) is 0 Å². The van der Waals surface area contributed by atoms with Crippen molar-refractivity contribution in [3.8, 4) is 0 Å². The fourth-order valence-electron chi connectivity index (χ4n) is 5.28. The molecule has 2 saturated carbocycles. The number of halogens is 2. The van der Waals surface area contributed by atoms with E-state index in [0.717, 1.165) is 23.3 Å². The molecule has 1 aromatic rings. The molecule has 26 heavy (non-hydrogen) atoms. The van der Waals surface area contributed by atoms with E-state index in [1.165, 1.54) is 70.3 Å². The maximum atomic E-state index is 13.9. The molecular formula is C24H34F2. The molecule has 2 heteroatoms. The fraction of sp³-hybridized carbons (Fsp3) is 0.667. The smallest absolute Gasteiger partial charge is 0.166 e. The average molecular weight is 361 g/mol. The van der Waals surface area contributed by atoms with Gasteiger partial charge in [0, 0.05) is 5.56 Å². The lowest BCUT2D eigenvalue weighted by Gasteiger charge is -2.37. The van der Waals surface area contributed by atoms with E-state index in [9.17, 15) is 8.78 Å². The highest BCUT2D eigenvalue weighted by molar-refractivity contribution is 5.51. The quantitative estimate of drug-likeness (QED) is 0.504. The Bertz CT molecular complexity index is 603. The third-order valence-electron chi connectivity index (χ3n) is 6.82. The monoisotopic (exact) mass is 360 g/mol. The zero-order chi connectivity index (χ0) is 18.5. The van der Waals surface area contributed by atoms with Crippen LogP contribution in [-0.2, 0) is 0 Å². The van der Waals surface area contributed by atoms with Gasteiger partial charge in [0.15, 0.2) is 11.6 Å². The number of benzene rings is 1. The Morgan fingerprint density at radius 3 is 2.15 bits per heavy atom. The molecular weight excluding hydrogens is 326 g/mol. The molecule has 0 N–H and O–H groups in total. The first-order chi connectivity index (χ1) is 12.6. The lowest BCUT2D eigenvalue weighted by molar-refractivity contribution is 0.152. The summed E-state index contributed by atoms with van der Waals surface area (Å²) in [4.78, 5) is 0. The second kappa shape index (κ2) is 9.15. The van der Waals surface area contributed by atoms with Gasteiger partial charge in [-0.05, 0) is 86.8 Å². The normalized spacial score (nSPS) is 30.0. The van der Waals surface area contributed by atoms with Crippen LogP contribution in [0.4, 0.5) is 8.78 Å². The van der Waals surface area contributed by atoms with Gasteiger partial charge in [0.25, 0.3) is 0 Å². The molecule has 0 bridgehead atoms. The van der Waals surface area contributed by atoms with Crippen molar-refractivity contribution in [3.63, 3.8) is 0 Å². The molecule has 0 radical (unpaired) electrons. The molecule has 2 aliphatic rings. The lowest BCUT2D eigenvalue weighted by Crippen LogP contribution is -2.25. The maximum absolute atomic E-state index is 13.9. The number of aryl methyl sites for hydroxylation is 1.